The number of rotatable bonds is 3. The van der Waals surface area contributed by atoms with Crippen LogP contribution in [0.25, 0.3) is 0 Å². The Balaban J connectivity index is 2.22. The summed E-state index contributed by atoms with van der Waals surface area (Å²) in [6.45, 7) is 0. The molecule has 0 aliphatic carbocycles. The number of hydrogen-bond donors (Lipinski definition) is 2. The van der Waals surface area contributed by atoms with Gasteiger partial charge >= 0.3 is 0 Å². The van der Waals surface area contributed by atoms with Crippen LogP contribution in [0.5, 0.6) is 0 Å². The first-order valence-corrected chi connectivity index (χ1v) is 7.97. The topological polar surface area (TPSA) is 89.3 Å². The average molecular weight is 345 g/mol. The molecular formula is C13H10Cl2N2O3S. The summed E-state index contributed by atoms with van der Waals surface area (Å²) in [7, 11) is -3.89. The van der Waals surface area contributed by atoms with E-state index in [2.05, 4.69) is 5.32 Å². The van der Waals surface area contributed by atoms with E-state index in [0.717, 1.165) is 0 Å². The van der Waals surface area contributed by atoms with Gasteiger partial charge in [0.2, 0.25) is 10.0 Å². The molecule has 2 aromatic carbocycles. The molecule has 0 aromatic heterocycles. The predicted octanol–water partition coefficient (Wildman–Crippen LogP) is 2.89. The second kappa shape index (κ2) is 6.03. The second-order valence-corrected chi connectivity index (χ2v) is 6.52. The van der Waals surface area contributed by atoms with Crippen molar-refractivity contribution in [2.45, 2.75) is 4.90 Å². The van der Waals surface area contributed by atoms with E-state index in [9.17, 15) is 13.2 Å². The van der Waals surface area contributed by atoms with Crippen molar-refractivity contribution < 1.29 is 13.2 Å². The highest BCUT2D eigenvalue weighted by atomic mass is 35.5. The third-order valence-electron chi connectivity index (χ3n) is 2.60. The number of carbonyl (C=O) groups is 1. The van der Waals surface area contributed by atoms with Gasteiger partial charge in [0.15, 0.2) is 0 Å². The number of nitrogens with two attached hydrogens (primary N) is 1. The van der Waals surface area contributed by atoms with E-state index in [-0.39, 0.29) is 15.8 Å². The highest BCUT2D eigenvalue weighted by Gasteiger charge is 2.14. The van der Waals surface area contributed by atoms with Crippen molar-refractivity contribution in [3.8, 4) is 0 Å². The van der Waals surface area contributed by atoms with Crippen LogP contribution in [0.3, 0.4) is 0 Å². The van der Waals surface area contributed by atoms with Crippen molar-refractivity contribution in [1.29, 1.82) is 0 Å². The number of amides is 1. The van der Waals surface area contributed by atoms with Gasteiger partial charge in [0.25, 0.3) is 5.91 Å². The van der Waals surface area contributed by atoms with E-state index >= 15 is 0 Å². The van der Waals surface area contributed by atoms with Crippen molar-refractivity contribution in [3.05, 3.63) is 58.1 Å². The van der Waals surface area contributed by atoms with Crippen molar-refractivity contribution in [2.24, 2.45) is 5.14 Å². The number of halogens is 2. The van der Waals surface area contributed by atoms with E-state index in [1.165, 1.54) is 18.2 Å². The van der Waals surface area contributed by atoms with Crippen LogP contribution in [0, 0.1) is 0 Å². The lowest BCUT2D eigenvalue weighted by molar-refractivity contribution is 0.102. The van der Waals surface area contributed by atoms with Crippen molar-refractivity contribution in [2.75, 3.05) is 5.32 Å². The van der Waals surface area contributed by atoms with Gasteiger partial charge in [-0.15, -0.1) is 0 Å². The summed E-state index contributed by atoms with van der Waals surface area (Å²) in [5.41, 5.74) is 0.762. The fraction of sp³-hybridized carbons (Fsp3) is 0. The molecule has 110 valence electrons. The molecule has 2 rings (SSSR count). The molecule has 0 aliphatic rings. The molecule has 1 amide bonds. The summed E-state index contributed by atoms with van der Waals surface area (Å²) >= 11 is 11.6. The first-order chi connectivity index (χ1) is 9.77. The van der Waals surface area contributed by atoms with Crippen LogP contribution in [0.4, 0.5) is 5.69 Å². The Kier molecular flexibility index (Phi) is 4.53. The Morgan fingerprint density at radius 1 is 1.05 bits per heavy atom. The highest BCUT2D eigenvalue weighted by Crippen LogP contribution is 2.24. The normalized spacial score (nSPS) is 11.2. The zero-order chi connectivity index (χ0) is 15.6. The summed E-state index contributed by atoms with van der Waals surface area (Å²) < 4.78 is 22.5. The summed E-state index contributed by atoms with van der Waals surface area (Å²) in [6.07, 6.45) is 0. The van der Waals surface area contributed by atoms with Gasteiger partial charge in [-0.3, -0.25) is 4.79 Å². The number of primary sulfonamides is 1. The summed E-state index contributed by atoms with van der Waals surface area (Å²) in [5.74, 6) is -0.369. The molecule has 0 spiro atoms. The molecule has 0 saturated heterocycles. The van der Waals surface area contributed by atoms with E-state index in [1.54, 1.807) is 24.3 Å². The second-order valence-electron chi connectivity index (χ2n) is 4.15. The predicted molar refractivity (Wildman–Crippen MR) is 82.2 cm³/mol. The number of anilines is 1. The van der Waals surface area contributed by atoms with Crippen molar-refractivity contribution >= 4 is 44.8 Å². The van der Waals surface area contributed by atoms with Gasteiger partial charge in [0, 0.05) is 16.3 Å². The molecule has 5 nitrogen and oxygen atoms in total. The SMILES string of the molecule is NS(=O)(=O)c1ccc(NC(=O)c2ccc(Cl)cc2)cc1Cl. The van der Waals surface area contributed by atoms with E-state index < -0.39 is 10.0 Å². The van der Waals surface area contributed by atoms with Crippen molar-refractivity contribution in [1.82, 2.24) is 0 Å². The molecule has 21 heavy (non-hydrogen) atoms. The molecular weight excluding hydrogens is 335 g/mol. The number of nitrogens with one attached hydrogen (secondary N) is 1. The largest absolute Gasteiger partial charge is 0.322 e. The van der Waals surface area contributed by atoms with Crippen LogP contribution in [0.15, 0.2) is 47.4 Å². The molecule has 2 aromatic rings. The molecule has 0 unspecified atom stereocenters. The first kappa shape index (κ1) is 15.8. The maximum absolute atomic E-state index is 12.0. The molecule has 0 bridgehead atoms. The van der Waals surface area contributed by atoms with Crippen LogP contribution in [0.1, 0.15) is 10.4 Å². The highest BCUT2D eigenvalue weighted by molar-refractivity contribution is 7.89. The Labute approximate surface area is 131 Å². The molecule has 0 radical (unpaired) electrons. The molecule has 0 aliphatic heterocycles. The quantitative estimate of drug-likeness (QED) is 0.896. The van der Waals surface area contributed by atoms with Gasteiger partial charge in [0.05, 0.1) is 5.02 Å². The maximum Gasteiger partial charge on any atom is 0.255 e. The monoisotopic (exact) mass is 344 g/mol. The van der Waals surface area contributed by atoms with Crippen LogP contribution < -0.4 is 10.5 Å². The minimum Gasteiger partial charge on any atom is -0.322 e. The van der Waals surface area contributed by atoms with Gasteiger partial charge in [0.1, 0.15) is 4.90 Å². The summed E-state index contributed by atoms with van der Waals surface area (Å²) in [5, 5.41) is 8.05. The number of carbonyl (C=O) groups excluding carboxylic acids is 1. The van der Waals surface area contributed by atoms with Crippen LogP contribution in [0.2, 0.25) is 10.0 Å². The van der Waals surface area contributed by atoms with Crippen LogP contribution in [-0.4, -0.2) is 14.3 Å². The van der Waals surface area contributed by atoms with Gasteiger partial charge in [-0.05, 0) is 42.5 Å². The van der Waals surface area contributed by atoms with Gasteiger partial charge in [-0.2, -0.15) is 0 Å². The fourth-order valence-corrected chi connectivity index (χ4v) is 2.83. The Bertz CT molecular complexity index is 790. The Morgan fingerprint density at radius 2 is 1.67 bits per heavy atom. The average Bonchev–Trinajstić information content (AvgIpc) is 2.37. The number of benzene rings is 2. The fourth-order valence-electron chi connectivity index (χ4n) is 1.61. The number of hydrogen-bond acceptors (Lipinski definition) is 3. The standard InChI is InChI=1S/C13H10Cl2N2O3S/c14-9-3-1-8(2-4-9)13(18)17-10-5-6-12(11(15)7-10)21(16,19)20/h1-7H,(H,17,18)(H2,16,19,20). The lowest BCUT2D eigenvalue weighted by Gasteiger charge is -2.08. The molecule has 0 atom stereocenters. The van der Waals surface area contributed by atoms with E-state index in [1.807, 2.05) is 0 Å². The Hall–Kier alpha value is -1.60. The summed E-state index contributed by atoms with van der Waals surface area (Å²) in [6, 6.07) is 10.3. The van der Waals surface area contributed by atoms with Gasteiger partial charge < -0.3 is 5.32 Å². The van der Waals surface area contributed by atoms with Crippen LogP contribution >= 0.6 is 23.2 Å². The third kappa shape index (κ3) is 3.95. The van der Waals surface area contributed by atoms with Gasteiger partial charge in [-0.25, -0.2) is 13.6 Å². The molecule has 3 N–H and O–H groups in total. The van der Waals surface area contributed by atoms with E-state index in [4.69, 9.17) is 28.3 Å². The molecule has 8 heteroatoms. The minimum absolute atomic E-state index is 0.0635. The van der Waals surface area contributed by atoms with Crippen molar-refractivity contribution in [3.63, 3.8) is 0 Å². The zero-order valence-electron chi connectivity index (χ0n) is 10.5. The lowest BCUT2D eigenvalue weighted by Crippen LogP contribution is -2.14. The van der Waals surface area contributed by atoms with E-state index in [0.29, 0.717) is 16.3 Å². The smallest absolute Gasteiger partial charge is 0.255 e. The Morgan fingerprint density at radius 3 is 2.19 bits per heavy atom. The number of sulfonamides is 1. The van der Waals surface area contributed by atoms with Gasteiger partial charge in [-0.1, -0.05) is 23.2 Å². The third-order valence-corrected chi connectivity index (χ3v) is 4.25. The molecule has 0 heterocycles. The maximum atomic E-state index is 12.0. The lowest BCUT2D eigenvalue weighted by atomic mass is 10.2. The van der Waals surface area contributed by atoms with Crippen LogP contribution in [-0.2, 0) is 10.0 Å². The molecule has 0 fully saturated rings. The first-order valence-electron chi connectivity index (χ1n) is 5.66. The summed E-state index contributed by atoms with van der Waals surface area (Å²) in [4.78, 5) is 11.8. The zero-order valence-corrected chi connectivity index (χ0v) is 12.8. The molecule has 0 saturated carbocycles. The minimum atomic E-state index is -3.89.